The number of aryl methyl sites for hydroxylation is 2. The number of fused-ring (bicyclic) bond motifs is 1. The molecule has 2 rings (SSSR count). The van der Waals surface area contributed by atoms with E-state index in [1.807, 2.05) is 30.5 Å². The molecule has 0 aromatic carbocycles. The van der Waals surface area contributed by atoms with Crippen LogP contribution in [-0.4, -0.2) is 14.6 Å². The van der Waals surface area contributed by atoms with Gasteiger partial charge in [0, 0.05) is 18.3 Å². The van der Waals surface area contributed by atoms with E-state index in [9.17, 15) is 0 Å². The van der Waals surface area contributed by atoms with E-state index in [0.29, 0.717) is 6.54 Å². The van der Waals surface area contributed by atoms with Crippen molar-refractivity contribution in [2.45, 2.75) is 20.4 Å². The molecule has 0 spiro atoms. The maximum Gasteiger partial charge on any atom is 0.155 e. The van der Waals surface area contributed by atoms with Gasteiger partial charge in [0.15, 0.2) is 5.65 Å². The van der Waals surface area contributed by atoms with Crippen molar-refractivity contribution in [1.29, 1.82) is 0 Å². The fraction of sp³-hybridized carbons (Fsp3) is 0.333. The number of rotatable bonds is 1. The molecule has 0 atom stereocenters. The normalized spacial score (nSPS) is 11.0. The van der Waals surface area contributed by atoms with Gasteiger partial charge < -0.3 is 5.73 Å². The highest BCUT2D eigenvalue weighted by atomic mass is 15.3. The zero-order valence-corrected chi connectivity index (χ0v) is 7.78. The highest BCUT2D eigenvalue weighted by molar-refractivity contribution is 5.41. The third kappa shape index (κ3) is 1.29. The highest BCUT2D eigenvalue weighted by Crippen LogP contribution is 2.07. The quantitative estimate of drug-likeness (QED) is 0.699. The number of hydrogen-bond acceptors (Lipinski definition) is 3. The summed E-state index contributed by atoms with van der Waals surface area (Å²) in [5.41, 5.74) is 9.35. The third-order valence-corrected chi connectivity index (χ3v) is 1.99. The van der Waals surface area contributed by atoms with Gasteiger partial charge in [-0.05, 0) is 19.9 Å². The lowest BCUT2D eigenvalue weighted by atomic mass is 10.3. The highest BCUT2D eigenvalue weighted by Gasteiger charge is 2.03. The average molecular weight is 176 g/mol. The van der Waals surface area contributed by atoms with Crippen LogP contribution in [0.1, 0.15) is 17.1 Å². The first kappa shape index (κ1) is 8.19. The van der Waals surface area contributed by atoms with Crippen LogP contribution in [0, 0.1) is 13.8 Å². The van der Waals surface area contributed by atoms with E-state index >= 15 is 0 Å². The summed E-state index contributed by atoms with van der Waals surface area (Å²) in [6.07, 6.45) is 0. The Bertz CT molecular complexity index is 444. The zero-order chi connectivity index (χ0) is 9.42. The first-order valence-corrected chi connectivity index (χ1v) is 4.23. The van der Waals surface area contributed by atoms with Crippen LogP contribution in [0.3, 0.4) is 0 Å². The van der Waals surface area contributed by atoms with Gasteiger partial charge in [0.1, 0.15) is 0 Å². The Balaban J connectivity index is 2.75. The molecule has 4 nitrogen and oxygen atoms in total. The summed E-state index contributed by atoms with van der Waals surface area (Å²) in [4.78, 5) is 4.35. The molecule has 13 heavy (non-hydrogen) atoms. The molecule has 2 aromatic heterocycles. The maximum atomic E-state index is 5.52. The minimum atomic E-state index is 0.474. The Morgan fingerprint density at radius 1 is 1.38 bits per heavy atom. The number of hydrogen-bond donors (Lipinski definition) is 1. The molecule has 0 saturated carbocycles. The van der Waals surface area contributed by atoms with Crippen molar-refractivity contribution in [3.05, 3.63) is 29.2 Å². The SMILES string of the molecule is Cc1cc2nc(CN)cc(C)n2n1. The van der Waals surface area contributed by atoms with Gasteiger partial charge in [0.25, 0.3) is 0 Å². The minimum Gasteiger partial charge on any atom is -0.325 e. The van der Waals surface area contributed by atoms with Gasteiger partial charge in [0.2, 0.25) is 0 Å². The summed E-state index contributed by atoms with van der Waals surface area (Å²) >= 11 is 0. The monoisotopic (exact) mass is 176 g/mol. The van der Waals surface area contributed by atoms with Crippen molar-refractivity contribution in [2.75, 3.05) is 0 Å². The molecule has 2 heterocycles. The van der Waals surface area contributed by atoms with Gasteiger partial charge in [-0.25, -0.2) is 9.50 Å². The van der Waals surface area contributed by atoms with Crippen LogP contribution in [0.25, 0.3) is 5.65 Å². The summed E-state index contributed by atoms with van der Waals surface area (Å²) in [7, 11) is 0. The summed E-state index contributed by atoms with van der Waals surface area (Å²) in [5.74, 6) is 0. The largest absolute Gasteiger partial charge is 0.325 e. The molecule has 0 aliphatic carbocycles. The molecule has 4 heteroatoms. The van der Waals surface area contributed by atoms with E-state index in [4.69, 9.17) is 5.73 Å². The van der Waals surface area contributed by atoms with Crippen LogP contribution in [-0.2, 0) is 6.54 Å². The predicted octanol–water partition coefficient (Wildman–Crippen LogP) is 0.805. The van der Waals surface area contributed by atoms with Gasteiger partial charge in [0.05, 0.1) is 11.4 Å². The van der Waals surface area contributed by atoms with Gasteiger partial charge in [-0.3, -0.25) is 0 Å². The predicted molar refractivity (Wildman–Crippen MR) is 50.4 cm³/mol. The maximum absolute atomic E-state index is 5.52. The lowest BCUT2D eigenvalue weighted by molar-refractivity contribution is 0.854. The molecule has 0 bridgehead atoms. The minimum absolute atomic E-state index is 0.474. The second-order valence-electron chi connectivity index (χ2n) is 3.15. The third-order valence-electron chi connectivity index (χ3n) is 1.99. The van der Waals surface area contributed by atoms with Crippen molar-refractivity contribution in [3.8, 4) is 0 Å². The first-order valence-electron chi connectivity index (χ1n) is 4.23. The molecule has 0 amide bonds. The molecule has 68 valence electrons. The second kappa shape index (κ2) is 2.81. The van der Waals surface area contributed by atoms with Crippen molar-refractivity contribution >= 4 is 5.65 Å². The van der Waals surface area contributed by atoms with Crippen LogP contribution in [0.15, 0.2) is 12.1 Å². The van der Waals surface area contributed by atoms with Gasteiger partial charge in [-0.2, -0.15) is 5.10 Å². The standard InChI is InChI=1S/C9H12N4/c1-6-3-9-11-8(5-10)4-7(2)13(9)12-6/h3-4H,5,10H2,1-2H3. The van der Waals surface area contributed by atoms with Gasteiger partial charge in [-0.15, -0.1) is 0 Å². The van der Waals surface area contributed by atoms with Crippen molar-refractivity contribution in [1.82, 2.24) is 14.6 Å². The molecule has 0 aliphatic rings. The van der Waals surface area contributed by atoms with Crippen LogP contribution in [0.2, 0.25) is 0 Å². The van der Waals surface area contributed by atoms with Gasteiger partial charge >= 0.3 is 0 Å². The molecular weight excluding hydrogens is 164 g/mol. The summed E-state index contributed by atoms with van der Waals surface area (Å²) in [5, 5.41) is 4.30. The summed E-state index contributed by atoms with van der Waals surface area (Å²) < 4.78 is 1.83. The van der Waals surface area contributed by atoms with E-state index in [2.05, 4.69) is 10.1 Å². The summed E-state index contributed by atoms with van der Waals surface area (Å²) in [6.45, 7) is 4.43. The molecular formula is C9H12N4. The van der Waals surface area contributed by atoms with E-state index in [1.165, 1.54) is 0 Å². The fourth-order valence-electron chi connectivity index (χ4n) is 1.41. The Morgan fingerprint density at radius 3 is 2.85 bits per heavy atom. The Hall–Kier alpha value is -1.42. The van der Waals surface area contributed by atoms with Crippen molar-refractivity contribution in [2.24, 2.45) is 5.73 Å². The topological polar surface area (TPSA) is 56.2 Å². The number of nitrogens with zero attached hydrogens (tertiary/aromatic N) is 3. The second-order valence-corrected chi connectivity index (χ2v) is 3.15. The Morgan fingerprint density at radius 2 is 2.15 bits per heavy atom. The number of nitrogens with two attached hydrogens (primary N) is 1. The number of aromatic nitrogens is 3. The van der Waals surface area contributed by atoms with Crippen LogP contribution < -0.4 is 5.73 Å². The molecule has 2 N–H and O–H groups in total. The molecule has 2 aromatic rings. The van der Waals surface area contributed by atoms with E-state index in [-0.39, 0.29) is 0 Å². The Kier molecular flexibility index (Phi) is 1.77. The Labute approximate surface area is 76.4 Å². The molecule has 0 saturated heterocycles. The summed E-state index contributed by atoms with van der Waals surface area (Å²) in [6, 6.07) is 3.91. The molecule has 0 radical (unpaired) electrons. The van der Waals surface area contributed by atoms with E-state index in [0.717, 1.165) is 22.7 Å². The zero-order valence-electron chi connectivity index (χ0n) is 7.78. The first-order chi connectivity index (χ1) is 6.20. The van der Waals surface area contributed by atoms with Crippen LogP contribution in [0.5, 0.6) is 0 Å². The molecule has 0 aliphatic heterocycles. The van der Waals surface area contributed by atoms with Crippen LogP contribution in [0.4, 0.5) is 0 Å². The van der Waals surface area contributed by atoms with Gasteiger partial charge in [-0.1, -0.05) is 0 Å². The van der Waals surface area contributed by atoms with Crippen LogP contribution >= 0.6 is 0 Å². The van der Waals surface area contributed by atoms with Crippen molar-refractivity contribution < 1.29 is 0 Å². The molecule has 0 fully saturated rings. The van der Waals surface area contributed by atoms with Crippen molar-refractivity contribution in [3.63, 3.8) is 0 Å². The fourth-order valence-corrected chi connectivity index (χ4v) is 1.41. The molecule has 0 unspecified atom stereocenters. The lowest BCUT2D eigenvalue weighted by Gasteiger charge is -2.01. The lowest BCUT2D eigenvalue weighted by Crippen LogP contribution is -2.04. The smallest absolute Gasteiger partial charge is 0.155 e. The average Bonchev–Trinajstić information content (AvgIpc) is 2.46. The van der Waals surface area contributed by atoms with E-state index in [1.54, 1.807) is 0 Å². The van der Waals surface area contributed by atoms with E-state index < -0.39 is 0 Å².